The van der Waals surface area contributed by atoms with E-state index in [1.54, 1.807) is 7.05 Å². The zero-order chi connectivity index (χ0) is 25.7. The number of aromatic nitrogens is 5. The number of amides is 2. The van der Waals surface area contributed by atoms with Gasteiger partial charge in [0, 0.05) is 25.0 Å². The molecule has 184 valence electrons. The van der Waals surface area contributed by atoms with Gasteiger partial charge in [0.2, 0.25) is 5.95 Å². The average Bonchev–Trinajstić information content (AvgIpc) is 3.16. The molecule has 3 fully saturated rings. The minimum atomic E-state index is -1.12. The highest BCUT2D eigenvalue weighted by atomic mass is 19.1. The molecular formula is C23H20F2N8O3. The van der Waals surface area contributed by atoms with Gasteiger partial charge in [0.05, 0.1) is 40.6 Å². The van der Waals surface area contributed by atoms with Crippen molar-refractivity contribution in [1.29, 1.82) is 5.26 Å². The number of hydrogen-bond donors (Lipinski definition) is 2. The van der Waals surface area contributed by atoms with E-state index in [0.29, 0.717) is 24.8 Å². The Morgan fingerprint density at radius 2 is 1.86 bits per heavy atom. The third-order valence-corrected chi connectivity index (χ3v) is 6.51. The monoisotopic (exact) mass is 494 g/mol. The molecule has 3 aliphatic carbocycles. The van der Waals surface area contributed by atoms with E-state index in [2.05, 4.69) is 36.8 Å². The SMILES string of the molecule is C[C@@H](OC(=O)Nc1c(-c2ncc(C(=O)NC34CC(C#N)(C3)C4)cn2)cnn1C)c1cc(F)cnc1F. The van der Waals surface area contributed by atoms with Crippen LogP contribution in [-0.4, -0.2) is 42.3 Å². The predicted octanol–water partition coefficient (Wildman–Crippen LogP) is 3.04. The molecule has 0 spiro atoms. The van der Waals surface area contributed by atoms with Crippen LogP contribution in [0.25, 0.3) is 11.4 Å². The second kappa shape index (κ2) is 8.33. The number of pyridine rings is 1. The van der Waals surface area contributed by atoms with E-state index in [1.807, 2.05) is 0 Å². The van der Waals surface area contributed by atoms with Gasteiger partial charge >= 0.3 is 6.09 Å². The number of ether oxygens (including phenoxy) is 1. The fourth-order valence-electron chi connectivity index (χ4n) is 4.76. The summed E-state index contributed by atoms with van der Waals surface area (Å²) in [5.74, 6) is -1.65. The molecule has 3 aromatic rings. The quantitative estimate of drug-likeness (QED) is 0.497. The summed E-state index contributed by atoms with van der Waals surface area (Å²) in [5.41, 5.74) is -0.198. The molecule has 3 saturated carbocycles. The van der Waals surface area contributed by atoms with Gasteiger partial charge in [0.25, 0.3) is 5.91 Å². The molecule has 2 N–H and O–H groups in total. The van der Waals surface area contributed by atoms with Gasteiger partial charge in [-0.1, -0.05) is 0 Å². The van der Waals surface area contributed by atoms with Crippen molar-refractivity contribution in [2.45, 2.75) is 37.8 Å². The average molecular weight is 494 g/mol. The van der Waals surface area contributed by atoms with E-state index in [1.165, 1.54) is 30.2 Å². The smallest absolute Gasteiger partial charge is 0.413 e. The van der Waals surface area contributed by atoms with Gasteiger partial charge < -0.3 is 10.1 Å². The fourth-order valence-corrected chi connectivity index (χ4v) is 4.76. The molecule has 2 amide bonds. The van der Waals surface area contributed by atoms with Gasteiger partial charge in [-0.25, -0.2) is 24.1 Å². The van der Waals surface area contributed by atoms with Gasteiger partial charge in [0.1, 0.15) is 17.7 Å². The summed E-state index contributed by atoms with van der Waals surface area (Å²) >= 11 is 0. The van der Waals surface area contributed by atoms with Crippen LogP contribution < -0.4 is 10.6 Å². The lowest BCUT2D eigenvalue weighted by atomic mass is 9.40. The Labute approximate surface area is 203 Å². The molecule has 0 radical (unpaired) electrons. The Bertz CT molecular complexity index is 1400. The molecule has 3 aliphatic rings. The molecule has 6 rings (SSSR count). The molecular weight excluding hydrogens is 474 g/mol. The molecule has 13 heteroatoms. The Kier molecular flexibility index (Phi) is 5.39. The van der Waals surface area contributed by atoms with Crippen LogP contribution in [0.4, 0.5) is 19.4 Å². The van der Waals surface area contributed by atoms with Crippen molar-refractivity contribution in [2.75, 3.05) is 5.32 Å². The number of anilines is 1. The number of nitrogens with one attached hydrogen (secondary N) is 2. The molecule has 3 heterocycles. The molecule has 11 nitrogen and oxygen atoms in total. The van der Waals surface area contributed by atoms with Crippen LogP contribution >= 0.6 is 0 Å². The van der Waals surface area contributed by atoms with Gasteiger partial charge in [-0.2, -0.15) is 14.8 Å². The lowest BCUT2D eigenvalue weighted by Gasteiger charge is -2.66. The number of nitriles is 1. The van der Waals surface area contributed by atoms with E-state index in [9.17, 15) is 18.4 Å². The number of carbonyl (C=O) groups excluding carboxylic acids is 2. The number of hydrogen-bond acceptors (Lipinski definition) is 8. The van der Waals surface area contributed by atoms with Gasteiger partial charge in [-0.15, -0.1) is 0 Å². The first-order valence-corrected chi connectivity index (χ1v) is 11.0. The number of carbonyl (C=O) groups is 2. The first-order chi connectivity index (χ1) is 17.1. The molecule has 0 aromatic carbocycles. The van der Waals surface area contributed by atoms with Crippen LogP contribution in [0, 0.1) is 28.5 Å². The van der Waals surface area contributed by atoms with Gasteiger partial charge in [-0.3, -0.25) is 14.8 Å². The van der Waals surface area contributed by atoms with Crippen molar-refractivity contribution < 1.29 is 23.1 Å². The Morgan fingerprint density at radius 1 is 1.17 bits per heavy atom. The summed E-state index contributed by atoms with van der Waals surface area (Å²) < 4.78 is 33.8. The van der Waals surface area contributed by atoms with Crippen LogP contribution in [0.1, 0.15) is 48.2 Å². The standard InChI is InChI=1S/C23H20F2N8O3/c1-12(15-3-14(24)6-27-17(15)25)36-21(35)31-19-16(7-30-33(19)2)18-28-4-13(5-29-18)20(34)32-23-8-22(9-23,10-23)11-26/h3-7,12H,8-10H2,1-2H3,(H,31,35)(H,32,34)/t12-,22?,23?/m1/s1. The fraction of sp³-hybridized carbons (Fsp3) is 0.348. The van der Waals surface area contributed by atoms with Crippen molar-refractivity contribution in [3.63, 3.8) is 0 Å². The minimum Gasteiger partial charge on any atom is -0.441 e. The lowest BCUT2D eigenvalue weighted by molar-refractivity contribution is -0.102. The highest BCUT2D eigenvalue weighted by Gasteiger charge is 2.69. The second-order valence-electron chi connectivity index (χ2n) is 9.19. The van der Waals surface area contributed by atoms with Crippen molar-refractivity contribution in [3.05, 3.63) is 53.7 Å². The van der Waals surface area contributed by atoms with Crippen LogP contribution in [0.3, 0.4) is 0 Å². The summed E-state index contributed by atoms with van der Waals surface area (Å²) in [5, 5.41) is 18.7. The van der Waals surface area contributed by atoms with Gasteiger partial charge in [0.15, 0.2) is 5.82 Å². The second-order valence-corrected chi connectivity index (χ2v) is 9.19. The Hall–Kier alpha value is -4.47. The molecule has 2 bridgehead atoms. The molecule has 0 aliphatic heterocycles. The molecule has 0 unspecified atom stereocenters. The minimum absolute atomic E-state index is 0.192. The maximum absolute atomic E-state index is 13.9. The van der Waals surface area contributed by atoms with E-state index in [-0.39, 0.29) is 39.6 Å². The molecule has 1 atom stereocenters. The summed E-state index contributed by atoms with van der Waals surface area (Å²) in [4.78, 5) is 36.8. The zero-order valence-electron chi connectivity index (χ0n) is 19.2. The zero-order valence-corrected chi connectivity index (χ0v) is 19.2. The molecule has 0 saturated heterocycles. The maximum Gasteiger partial charge on any atom is 0.413 e. The van der Waals surface area contributed by atoms with Gasteiger partial charge in [-0.05, 0) is 32.3 Å². The van der Waals surface area contributed by atoms with Crippen LogP contribution in [0.15, 0.2) is 30.9 Å². The largest absolute Gasteiger partial charge is 0.441 e. The van der Waals surface area contributed by atoms with Crippen LogP contribution in [-0.2, 0) is 11.8 Å². The first kappa shape index (κ1) is 23.3. The summed E-state index contributed by atoms with van der Waals surface area (Å²) in [6.07, 6.45) is 4.77. The number of aryl methyl sites for hydroxylation is 1. The third-order valence-electron chi connectivity index (χ3n) is 6.51. The molecule has 3 aromatic heterocycles. The summed E-state index contributed by atoms with van der Waals surface area (Å²) in [7, 11) is 1.57. The van der Waals surface area contributed by atoms with E-state index in [4.69, 9.17) is 10.00 Å². The van der Waals surface area contributed by atoms with E-state index >= 15 is 0 Å². The normalized spacial score (nSPS) is 22.4. The first-order valence-electron chi connectivity index (χ1n) is 11.0. The van der Waals surface area contributed by atoms with E-state index < -0.39 is 24.0 Å². The topological polar surface area (TPSA) is 148 Å². The van der Waals surface area contributed by atoms with Crippen molar-refractivity contribution >= 4 is 17.8 Å². The number of nitrogens with zero attached hydrogens (tertiary/aromatic N) is 6. The highest BCUT2D eigenvalue weighted by Crippen LogP contribution is 2.66. The lowest BCUT2D eigenvalue weighted by Crippen LogP contribution is -2.74. The van der Waals surface area contributed by atoms with E-state index in [0.717, 1.165) is 12.3 Å². The van der Waals surface area contributed by atoms with Crippen molar-refractivity contribution in [2.24, 2.45) is 12.5 Å². The molecule has 36 heavy (non-hydrogen) atoms. The Balaban J connectivity index is 1.25. The van der Waals surface area contributed by atoms with Crippen molar-refractivity contribution in [3.8, 4) is 17.5 Å². The van der Waals surface area contributed by atoms with Crippen molar-refractivity contribution in [1.82, 2.24) is 30.0 Å². The number of halogens is 2. The Morgan fingerprint density at radius 3 is 2.53 bits per heavy atom. The van der Waals surface area contributed by atoms with Crippen LogP contribution in [0.2, 0.25) is 0 Å². The predicted molar refractivity (Wildman–Crippen MR) is 119 cm³/mol. The summed E-state index contributed by atoms with van der Waals surface area (Å²) in [6.45, 7) is 1.38. The number of rotatable bonds is 6. The van der Waals surface area contributed by atoms with Crippen LogP contribution in [0.5, 0.6) is 0 Å². The summed E-state index contributed by atoms with van der Waals surface area (Å²) in [6, 6.07) is 3.19. The third kappa shape index (κ3) is 4.00. The maximum atomic E-state index is 13.9. The highest BCUT2D eigenvalue weighted by molar-refractivity contribution is 5.95.